The van der Waals surface area contributed by atoms with E-state index in [0.29, 0.717) is 10.7 Å². The van der Waals surface area contributed by atoms with E-state index in [1.54, 1.807) is 6.07 Å². The molecule has 1 heterocycles. The minimum atomic E-state index is -0.482. The number of aryl methyl sites for hydroxylation is 1. The lowest BCUT2D eigenvalue weighted by Gasteiger charge is -2.11. The number of benzene rings is 1. The van der Waals surface area contributed by atoms with Crippen LogP contribution in [-0.2, 0) is 6.61 Å². The van der Waals surface area contributed by atoms with E-state index >= 15 is 0 Å². The third-order valence-electron chi connectivity index (χ3n) is 3.09. The molecule has 1 aromatic carbocycles. The van der Waals surface area contributed by atoms with Gasteiger partial charge in [0, 0.05) is 23.5 Å². The largest absolute Gasteiger partial charge is 0.392 e. The third-order valence-corrected chi connectivity index (χ3v) is 3.39. The van der Waals surface area contributed by atoms with Crippen LogP contribution in [0.3, 0.4) is 0 Å². The van der Waals surface area contributed by atoms with E-state index in [4.69, 9.17) is 11.6 Å². The summed E-state index contributed by atoms with van der Waals surface area (Å²) in [6, 6.07) is 6.22. The van der Waals surface area contributed by atoms with Crippen molar-refractivity contribution in [2.24, 2.45) is 0 Å². The van der Waals surface area contributed by atoms with Gasteiger partial charge < -0.3 is 9.67 Å². The molecule has 5 nitrogen and oxygen atoms in total. The van der Waals surface area contributed by atoms with E-state index in [2.05, 4.69) is 0 Å². The van der Waals surface area contributed by atoms with Crippen LogP contribution in [0.5, 0.6) is 0 Å². The summed E-state index contributed by atoms with van der Waals surface area (Å²) in [6.45, 7) is 3.71. The molecule has 100 valence electrons. The Kier molecular flexibility index (Phi) is 3.59. The Hall–Kier alpha value is -1.85. The van der Waals surface area contributed by atoms with E-state index in [-0.39, 0.29) is 12.3 Å². The molecule has 0 saturated heterocycles. The number of aromatic nitrogens is 1. The van der Waals surface area contributed by atoms with Gasteiger partial charge in [-0.25, -0.2) is 0 Å². The van der Waals surface area contributed by atoms with Crippen molar-refractivity contribution in [1.29, 1.82) is 0 Å². The number of nitro groups is 1. The first-order chi connectivity index (χ1) is 8.95. The zero-order valence-electron chi connectivity index (χ0n) is 10.6. The normalized spacial score (nSPS) is 10.7. The number of halogens is 1. The number of hydrogen-bond acceptors (Lipinski definition) is 3. The highest BCUT2D eigenvalue weighted by Crippen LogP contribution is 2.29. The van der Waals surface area contributed by atoms with Crippen LogP contribution >= 0.6 is 11.6 Å². The van der Waals surface area contributed by atoms with Gasteiger partial charge in [0.25, 0.3) is 5.69 Å². The summed E-state index contributed by atoms with van der Waals surface area (Å²) < 4.78 is 1.87. The Labute approximate surface area is 115 Å². The summed E-state index contributed by atoms with van der Waals surface area (Å²) in [7, 11) is 0. The average Bonchev–Trinajstić information content (AvgIpc) is 2.64. The zero-order chi connectivity index (χ0) is 14.2. The van der Waals surface area contributed by atoms with Crippen molar-refractivity contribution in [3.8, 4) is 5.69 Å². The molecule has 0 fully saturated rings. The van der Waals surface area contributed by atoms with Gasteiger partial charge in [-0.05, 0) is 31.5 Å². The number of aliphatic hydroxyl groups excluding tert-OH is 1. The molecule has 0 spiro atoms. The first-order valence-corrected chi connectivity index (χ1v) is 6.06. The lowest BCUT2D eigenvalue weighted by Crippen LogP contribution is -2.01. The van der Waals surface area contributed by atoms with Gasteiger partial charge >= 0.3 is 0 Å². The van der Waals surface area contributed by atoms with E-state index in [1.165, 1.54) is 12.1 Å². The van der Waals surface area contributed by atoms with E-state index in [1.807, 2.05) is 24.5 Å². The van der Waals surface area contributed by atoms with Gasteiger partial charge in [-0.15, -0.1) is 0 Å². The predicted octanol–water partition coefficient (Wildman–Crippen LogP) is 3.15. The smallest absolute Gasteiger partial charge is 0.271 e. The van der Waals surface area contributed by atoms with E-state index in [0.717, 1.165) is 17.0 Å². The van der Waals surface area contributed by atoms with Gasteiger partial charge in [-0.3, -0.25) is 10.1 Å². The Morgan fingerprint density at radius 1 is 1.37 bits per heavy atom. The zero-order valence-corrected chi connectivity index (χ0v) is 11.3. The number of nitro benzene ring substituents is 1. The second-order valence-electron chi connectivity index (χ2n) is 4.28. The topological polar surface area (TPSA) is 68.3 Å². The molecule has 0 amide bonds. The highest BCUT2D eigenvalue weighted by molar-refractivity contribution is 6.32. The van der Waals surface area contributed by atoms with Gasteiger partial charge in [0.2, 0.25) is 0 Å². The lowest BCUT2D eigenvalue weighted by molar-refractivity contribution is -0.384. The standard InChI is InChI=1S/C13H13ClN2O3/c1-8-5-10(7-17)9(2)15(8)13-4-3-11(16(18)19)6-12(13)14/h3-6,17H,7H2,1-2H3. The quantitative estimate of drug-likeness (QED) is 0.694. The molecular weight excluding hydrogens is 268 g/mol. The highest BCUT2D eigenvalue weighted by atomic mass is 35.5. The molecule has 0 radical (unpaired) electrons. The van der Waals surface area contributed by atoms with Gasteiger partial charge in [0.1, 0.15) is 0 Å². The second kappa shape index (κ2) is 5.03. The molecule has 0 saturated carbocycles. The molecular formula is C13H13ClN2O3. The minimum absolute atomic E-state index is 0.0430. The SMILES string of the molecule is Cc1cc(CO)c(C)n1-c1ccc([N+](=O)[O-])cc1Cl. The third kappa shape index (κ3) is 2.34. The summed E-state index contributed by atoms with van der Waals surface area (Å²) >= 11 is 6.12. The number of nitrogens with zero attached hydrogens (tertiary/aromatic N) is 2. The molecule has 0 unspecified atom stereocenters. The van der Waals surface area contributed by atoms with Crippen LogP contribution in [0, 0.1) is 24.0 Å². The molecule has 1 aromatic heterocycles. The minimum Gasteiger partial charge on any atom is -0.392 e. The number of non-ortho nitro benzene ring substituents is 1. The van der Waals surface area contributed by atoms with Crippen LogP contribution in [-0.4, -0.2) is 14.6 Å². The molecule has 0 aliphatic carbocycles. The van der Waals surface area contributed by atoms with Crippen molar-refractivity contribution >= 4 is 17.3 Å². The van der Waals surface area contributed by atoms with Crippen LogP contribution in [0.1, 0.15) is 17.0 Å². The van der Waals surface area contributed by atoms with Crippen LogP contribution in [0.25, 0.3) is 5.69 Å². The van der Waals surface area contributed by atoms with Gasteiger partial charge in [-0.1, -0.05) is 11.6 Å². The van der Waals surface area contributed by atoms with Crippen molar-refractivity contribution in [1.82, 2.24) is 4.57 Å². The molecule has 0 atom stereocenters. The summed E-state index contributed by atoms with van der Waals surface area (Å²) in [6.07, 6.45) is 0. The Balaban J connectivity index is 2.60. The summed E-state index contributed by atoms with van der Waals surface area (Å²) in [5.74, 6) is 0. The van der Waals surface area contributed by atoms with Crippen molar-refractivity contribution < 1.29 is 10.0 Å². The molecule has 0 bridgehead atoms. The number of hydrogen-bond donors (Lipinski definition) is 1. The molecule has 0 aliphatic heterocycles. The van der Waals surface area contributed by atoms with Crippen molar-refractivity contribution in [3.63, 3.8) is 0 Å². The fraction of sp³-hybridized carbons (Fsp3) is 0.231. The molecule has 6 heteroatoms. The first kappa shape index (κ1) is 13.6. The highest BCUT2D eigenvalue weighted by Gasteiger charge is 2.15. The Morgan fingerprint density at radius 2 is 2.05 bits per heavy atom. The van der Waals surface area contributed by atoms with Crippen molar-refractivity contribution in [2.75, 3.05) is 0 Å². The molecule has 0 aliphatic rings. The van der Waals surface area contributed by atoms with Crippen molar-refractivity contribution in [2.45, 2.75) is 20.5 Å². The average molecular weight is 281 g/mol. The van der Waals surface area contributed by atoms with Gasteiger partial charge in [0.05, 0.1) is 22.2 Å². The molecule has 19 heavy (non-hydrogen) atoms. The molecule has 2 rings (SSSR count). The summed E-state index contributed by atoms with van der Waals surface area (Å²) in [5, 5.41) is 20.3. The molecule has 1 N–H and O–H groups in total. The van der Waals surface area contributed by atoms with E-state index in [9.17, 15) is 15.2 Å². The predicted molar refractivity (Wildman–Crippen MR) is 72.8 cm³/mol. The summed E-state index contributed by atoms with van der Waals surface area (Å²) in [4.78, 5) is 10.2. The monoisotopic (exact) mass is 280 g/mol. The Bertz CT molecular complexity index is 650. The molecule has 2 aromatic rings. The van der Waals surface area contributed by atoms with Crippen LogP contribution in [0.4, 0.5) is 5.69 Å². The fourth-order valence-corrected chi connectivity index (χ4v) is 2.41. The Morgan fingerprint density at radius 3 is 2.53 bits per heavy atom. The first-order valence-electron chi connectivity index (χ1n) is 5.68. The van der Waals surface area contributed by atoms with Crippen LogP contribution in [0.15, 0.2) is 24.3 Å². The second-order valence-corrected chi connectivity index (χ2v) is 4.69. The van der Waals surface area contributed by atoms with Crippen LogP contribution in [0.2, 0.25) is 5.02 Å². The van der Waals surface area contributed by atoms with Gasteiger partial charge in [0.15, 0.2) is 0 Å². The maximum absolute atomic E-state index is 10.7. The van der Waals surface area contributed by atoms with Crippen molar-refractivity contribution in [3.05, 3.63) is 56.4 Å². The maximum atomic E-state index is 10.7. The van der Waals surface area contributed by atoms with Crippen LogP contribution < -0.4 is 0 Å². The number of rotatable bonds is 3. The lowest BCUT2D eigenvalue weighted by atomic mass is 10.2. The maximum Gasteiger partial charge on any atom is 0.271 e. The van der Waals surface area contributed by atoms with Gasteiger partial charge in [-0.2, -0.15) is 0 Å². The van der Waals surface area contributed by atoms with E-state index < -0.39 is 4.92 Å². The summed E-state index contributed by atoms with van der Waals surface area (Å²) in [5.41, 5.74) is 3.22. The number of aliphatic hydroxyl groups is 1. The fourth-order valence-electron chi connectivity index (χ4n) is 2.15.